The van der Waals surface area contributed by atoms with Crippen LogP contribution in [0, 0.1) is 0 Å². The van der Waals surface area contributed by atoms with E-state index in [4.69, 9.17) is 0 Å². The van der Waals surface area contributed by atoms with Gasteiger partial charge in [-0.15, -0.1) is 0 Å². The molecule has 1 fully saturated rings. The lowest BCUT2D eigenvalue weighted by molar-refractivity contribution is 0.0921. The molecule has 1 aliphatic heterocycles. The third-order valence-corrected chi connectivity index (χ3v) is 7.08. The lowest BCUT2D eigenvalue weighted by Crippen LogP contribution is -2.54. The lowest BCUT2D eigenvalue weighted by Gasteiger charge is -2.41. The zero-order chi connectivity index (χ0) is 15.8. The Morgan fingerprint density at radius 2 is 1.62 bits per heavy atom. The fraction of sp³-hybridized carbons (Fsp3) is 0.571. The number of hydrogen-bond donors (Lipinski definition) is 0. The van der Waals surface area contributed by atoms with Crippen LogP contribution in [0.15, 0.2) is 32.0 Å². The third kappa shape index (κ3) is 3.88. The van der Waals surface area contributed by atoms with Gasteiger partial charge in [0.1, 0.15) is 0 Å². The van der Waals surface area contributed by atoms with Crippen LogP contribution < -0.4 is 0 Å². The second-order valence-corrected chi connectivity index (χ2v) is 9.81. The predicted molar refractivity (Wildman–Crippen MR) is 91.9 cm³/mol. The van der Waals surface area contributed by atoms with Gasteiger partial charge in [-0.05, 0) is 54.9 Å². The third-order valence-electron chi connectivity index (χ3n) is 3.70. The smallest absolute Gasteiger partial charge is 0.244 e. The van der Waals surface area contributed by atoms with Gasteiger partial charge in [-0.3, -0.25) is 4.90 Å². The van der Waals surface area contributed by atoms with Crippen molar-refractivity contribution in [1.29, 1.82) is 0 Å². The zero-order valence-electron chi connectivity index (χ0n) is 12.4. The molecule has 1 aromatic rings. The topological polar surface area (TPSA) is 40.6 Å². The normalized spacial score (nSPS) is 18.9. The average Bonchev–Trinajstić information content (AvgIpc) is 2.40. The summed E-state index contributed by atoms with van der Waals surface area (Å²) in [6.07, 6.45) is 0. The van der Waals surface area contributed by atoms with Crippen molar-refractivity contribution in [3.63, 3.8) is 0 Å². The molecular weight excluding hydrogens is 420 g/mol. The van der Waals surface area contributed by atoms with Crippen molar-refractivity contribution in [2.75, 3.05) is 26.2 Å². The number of benzene rings is 1. The molecule has 0 aliphatic carbocycles. The van der Waals surface area contributed by atoms with E-state index in [9.17, 15) is 8.42 Å². The Kier molecular flexibility index (Phi) is 5.20. The standard InChI is InChI=1S/C14H20Br2N2O2S/c1-14(2,3)17-6-8-18(9-7-17)21(19,20)13-10-11(15)4-5-12(13)16/h4-5,10H,6-9H2,1-3H3. The predicted octanol–water partition coefficient (Wildman–Crippen LogP) is 3.32. The molecule has 0 atom stereocenters. The molecule has 0 unspecified atom stereocenters. The Morgan fingerprint density at radius 1 is 1.05 bits per heavy atom. The molecule has 0 aromatic heterocycles. The minimum atomic E-state index is -3.45. The molecule has 4 nitrogen and oxygen atoms in total. The van der Waals surface area contributed by atoms with E-state index in [-0.39, 0.29) is 5.54 Å². The van der Waals surface area contributed by atoms with E-state index in [2.05, 4.69) is 57.5 Å². The number of hydrogen-bond acceptors (Lipinski definition) is 3. The van der Waals surface area contributed by atoms with Gasteiger partial charge in [-0.2, -0.15) is 4.31 Å². The van der Waals surface area contributed by atoms with Gasteiger partial charge in [0.05, 0.1) is 4.90 Å². The summed E-state index contributed by atoms with van der Waals surface area (Å²) in [7, 11) is -3.45. The van der Waals surface area contributed by atoms with Crippen molar-refractivity contribution < 1.29 is 8.42 Å². The van der Waals surface area contributed by atoms with Gasteiger partial charge in [0.25, 0.3) is 0 Å². The van der Waals surface area contributed by atoms with Crippen LogP contribution in [0.1, 0.15) is 20.8 Å². The van der Waals surface area contributed by atoms with Gasteiger partial charge < -0.3 is 0 Å². The minimum Gasteiger partial charge on any atom is -0.296 e. The van der Waals surface area contributed by atoms with Crippen molar-refractivity contribution in [2.24, 2.45) is 0 Å². The highest BCUT2D eigenvalue weighted by Gasteiger charge is 2.33. The quantitative estimate of drug-likeness (QED) is 0.709. The van der Waals surface area contributed by atoms with Crippen LogP contribution in [0.2, 0.25) is 0 Å². The molecule has 21 heavy (non-hydrogen) atoms. The van der Waals surface area contributed by atoms with Crippen molar-refractivity contribution in [1.82, 2.24) is 9.21 Å². The van der Waals surface area contributed by atoms with Gasteiger partial charge in [0.2, 0.25) is 10.0 Å². The highest BCUT2D eigenvalue weighted by molar-refractivity contribution is 9.11. The first-order chi connectivity index (χ1) is 9.62. The molecule has 118 valence electrons. The molecule has 0 bridgehead atoms. The van der Waals surface area contributed by atoms with Crippen molar-refractivity contribution >= 4 is 41.9 Å². The average molecular weight is 440 g/mol. The maximum absolute atomic E-state index is 12.8. The van der Waals surface area contributed by atoms with Crippen LogP contribution in [-0.2, 0) is 10.0 Å². The maximum atomic E-state index is 12.8. The number of nitrogens with zero attached hydrogens (tertiary/aromatic N) is 2. The van der Waals surface area contributed by atoms with E-state index in [0.29, 0.717) is 22.5 Å². The molecule has 0 N–H and O–H groups in total. The van der Waals surface area contributed by atoms with Crippen molar-refractivity contribution in [3.8, 4) is 0 Å². The van der Waals surface area contributed by atoms with E-state index in [0.717, 1.165) is 17.6 Å². The summed E-state index contributed by atoms with van der Waals surface area (Å²) in [4.78, 5) is 2.63. The molecule has 0 radical (unpaired) electrons. The van der Waals surface area contributed by atoms with E-state index >= 15 is 0 Å². The molecule has 1 heterocycles. The summed E-state index contributed by atoms with van der Waals surface area (Å²) in [5.41, 5.74) is 0.0756. The van der Waals surface area contributed by atoms with Crippen LogP contribution in [-0.4, -0.2) is 49.3 Å². The van der Waals surface area contributed by atoms with Gasteiger partial charge in [-0.25, -0.2) is 8.42 Å². The number of rotatable bonds is 2. The fourth-order valence-electron chi connectivity index (χ4n) is 2.41. The number of halogens is 2. The zero-order valence-corrected chi connectivity index (χ0v) is 16.4. The second-order valence-electron chi connectivity index (χ2n) is 6.14. The van der Waals surface area contributed by atoms with Gasteiger partial charge in [0, 0.05) is 40.7 Å². The molecular formula is C14H20Br2N2O2S. The van der Waals surface area contributed by atoms with E-state index < -0.39 is 10.0 Å². The molecule has 0 saturated carbocycles. The van der Waals surface area contributed by atoms with E-state index in [1.807, 2.05) is 6.07 Å². The Hall–Kier alpha value is 0.0500. The Labute approximate surface area is 143 Å². The highest BCUT2D eigenvalue weighted by atomic mass is 79.9. The van der Waals surface area contributed by atoms with Gasteiger partial charge in [0.15, 0.2) is 0 Å². The summed E-state index contributed by atoms with van der Waals surface area (Å²) >= 11 is 6.68. The van der Waals surface area contributed by atoms with Gasteiger partial charge in [-0.1, -0.05) is 15.9 Å². The molecule has 1 aliphatic rings. The SMILES string of the molecule is CC(C)(C)N1CCN(S(=O)(=O)c2cc(Br)ccc2Br)CC1. The van der Waals surface area contributed by atoms with Gasteiger partial charge >= 0.3 is 0 Å². The van der Waals surface area contributed by atoms with Crippen molar-refractivity contribution in [3.05, 3.63) is 27.1 Å². The first-order valence-corrected chi connectivity index (χ1v) is 9.85. The maximum Gasteiger partial charge on any atom is 0.244 e. The van der Waals surface area contributed by atoms with Crippen LogP contribution >= 0.6 is 31.9 Å². The summed E-state index contributed by atoms with van der Waals surface area (Å²) in [5.74, 6) is 0. The molecule has 2 rings (SSSR count). The summed E-state index contributed by atoms with van der Waals surface area (Å²) in [5, 5.41) is 0. The number of piperazine rings is 1. The van der Waals surface area contributed by atoms with Crippen LogP contribution in [0.3, 0.4) is 0 Å². The number of sulfonamides is 1. The molecule has 7 heteroatoms. The van der Waals surface area contributed by atoms with E-state index in [1.54, 1.807) is 16.4 Å². The molecule has 0 spiro atoms. The largest absolute Gasteiger partial charge is 0.296 e. The Morgan fingerprint density at radius 3 is 2.14 bits per heavy atom. The first-order valence-electron chi connectivity index (χ1n) is 6.82. The second kappa shape index (κ2) is 6.28. The highest BCUT2D eigenvalue weighted by Crippen LogP contribution is 2.29. The van der Waals surface area contributed by atoms with Crippen molar-refractivity contribution in [2.45, 2.75) is 31.2 Å². The summed E-state index contributed by atoms with van der Waals surface area (Å²) in [6, 6.07) is 5.22. The monoisotopic (exact) mass is 438 g/mol. The lowest BCUT2D eigenvalue weighted by atomic mass is 10.1. The van der Waals surface area contributed by atoms with E-state index in [1.165, 1.54) is 0 Å². The van der Waals surface area contributed by atoms with Crippen LogP contribution in [0.4, 0.5) is 0 Å². The Bertz CT molecular complexity index is 618. The summed E-state index contributed by atoms with van der Waals surface area (Å²) in [6.45, 7) is 9.03. The minimum absolute atomic E-state index is 0.0756. The molecule has 0 amide bonds. The summed E-state index contributed by atoms with van der Waals surface area (Å²) < 4.78 is 28.5. The fourth-order valence-corrected chi connectivity index (χ4v) is 5.30. The molecule has 1 saturated heterocycles. The van der Waals surface area contributed by atoms with Crippen LogP contribution in [0.25, 0.3) is 0 Å². The molecule has 1 aromatic carbocycles. The van der Waals surface area contributed by atoms with Crippen LogP contribution in [0.5, 0.6) is 0 Å². The first kappa shape index (κ1) is 17.4. The Balaban J connectivity index is 2.21.